The van der Waals surface area contributed by atoms with Gasteiger partial charge in [-0.3, -0.25) is 14.3 Å². The molecule has 1 aromatic heterocycles. The minimum absolute atomic E-state index is 0.0503. The van der Waals surface area contributed by atoms with Gasteiger partial charge in [0.15, 0.2) is 11.5 Å². The second kappa shape index (κ2) is 7.77. The Labute approximate surface area is 167 Å². The van der Waals surface area contributed by atoms with E-state index in [1.54, 1.807) is 0 Å². The number of nitrogens with zero attached hydrogens (tertiary/aromatic N) is 2. The summed E-state index contributed by atoms with van der Waals surface area (Å²) in [7, 11) is 0.574. The van der Waals surface area contributed by atoms with Gasteiger partial charge in [0, 0.05) is 14.0 Å². The number of aromatic nitrogens is 2. The first-order valence-corrected chi connectivity index (χ1v) is 7.95. The molecular formula is C16H11F9N4O2. The number of nitrogens with one attached hydrogen (secondary N) is 2. The molecule has 0 atom stereocenters. The quantitative estimate of drug-likeness (QED) is 0.660. The number of halogens is 9. The number of amides is 2. The van der Waals surface area contributed by atoms with E-state index in [2.05, 4.69) is 5.10 Å². The molecule has 2 aromatic rings. The predicted octanol–water partition coefficient (Wildman–Crippen LogP) is 4.44. The molecule has 0 bridgehead atoms. The molecule has 15 heteroatoms. The third-order valence-corrected chi connectivity index (χ3v) is 3.77. The fourth-order valence-electron chi connectivity index (χ4n) is 2.46. The van der Waals surface area contributed by atoms with Crippen molar-refractivity contribution in [3.05, 3.63) is 40.8 Å². The van der Waals surface area contributed by atoms with Gasteiger partial charge in [0.1, 0.15) is 11.4 Å². The van der Waals surface area contributed by atoms with E-state index in [0.29, 0.717) is 7.05 Å². The minimum Gasteiger partial charge on any atom is -0.324 e. The van der Waals surface area contributed by atoms with E-state index in [1.807, 2.05) is 5.32 Å². The van der Waals surface area contributed by atoms with Gasteiger partial charge in [-0.1, -0.05) is 6.07 Å². The average molecular weight is 462 g/mol. The maximum atomic E-state index is 14.4. The summed E-state index contributed by atoms with van der Waals surface area (Å²) in [6, 6.07) is 2.84. The topological polar surface area (TPSA) is 76.0 Å². The van der Waals surface area contributed by atoms with Crippen LogP contribution in [-0.2, 0) is 23.9 Å². The van der Waals surface area contributed by atoms with Crippen LogP contribution in [0, 0.1) is 5.82 Å². The van der Waals surface area contributed by atoms with Gasteiger partial charge in [0.25, 0.3) is 5.91 Å². The number of aryl methyl sites for hydroxylation is 1. The van der Waals surface area contributed by atoms with Crippen LogP contribution < -0.4 is 10.6 Å². The van der Waals surface area contributed by atoms with Crippen LogP contribution in [0.1, 0.15) is 28.5 Å². The predicted molar refractivity (Wildman–Crippen MR) is 86.8 cm³/mol. The van der Waals surface area contributed by atoms with Gasteiger partial charge >= 0.3 is 18.3 Å². The number of carbonyl (C=O) groups excluding carboxylic acids is 2. The van der Waals surface area contributed by atoms with Crippen LogP contribution in [0.4, 0.5) is 51.0 Å². The van der Waals surface area contributed by atoms with Crippen molar-refractivity contribution >= 4 is 23.3 Å². The van der Waals surface area contributed by atoms with Crippen molar-refractivity contribution < 1.29 is 49.1 Å². The summed E-state index contributed by atoms with van der Waals surface area (Å²) in [6.07, 6.45) is -12.2. The molecule has 0 saturated heterocycles. The van der Waals surface area contributed by atoms with Gasteiger partial charge in [-0.05, 0) is 12.1 Å². The van der Waals surface area contributed by atoms with Gasteiger partial charge in [0.2, 0.25) is 5.91 Å². The lowest BCUT2D eigenvalue weighted by Crippen LogP contribution is -2.36. The number of benzene rings is 1. The third-order valence-electron chi connectivity index (χ3n) is 3.77. The van der Waals surface area contributed by atoms with Crippen LogP contribution in [0.2, 0.25) is 0 Å². The van der Waals surface area contributed by atoms with Gasteiger partial charge in [-0.25, -0.2) is 4.39 Å². The highest BCUT2D eigenvalue weighted by Crippen LogP contribution is 2.49. The Morgan fingerprint density at radius 1 is 1.00 bits per heavy atom. The van der Waals surface area contributed by atoms with Crippen LogP contribution in [0.3, 0.4) is 0 Å². The summed E-state index contributed by atoms with van der Waals surface area (Å²) in [5.41, 5.74) is -6.68. The standard InChI is InChI=1S/C16H11F9N4O2/c1-6(30)26-8-5-3-4-7(10(8)17)13(31)27-12-9(15(20,21)22)11(28-29(12)2)14(18,19)16(23,24)25/h3-5H,1-2H3,(H,26,30)(H,27,31). The van der Waals surface area contributed by atoms with Crippen molar-refractivity contribution in [3.63, 3.8) is 0 Å². The summed E-state index contributed by atoms with van der Waals surface area (Å²) in [5.74, 6) is -11.3. The molecule has 0 saturated carbocycles. The van der Waals surface area contributed by atoms with Gasteiger partial charge < -0.3 is 10.6 Å². The van der Waals surface area contributed by atoms with Crippen molar-refractivity contribution in [2.75, 3.05) is 10.6 Å². The summed E-state index contributed by atoms with van der Waals surface area (Å²) in [4.78, 5) is 23.3. The number of alkyl halides is 8. The smallest absolute Gasteiger partial charge is 0.324 e. The molecule has 0 radical (unpaired) electrons. The van der Waals surface area contributed by atoms with Gasteiger partial charge in [-0.2, -0.15) is 40.2 Å². The van der Waals surface area contributed by atoms with Crippen LogP contribution in [0.15, 0.2) is 18.2 Å². The molecule has 2 amide bonds. The summed E-state index contributed by atoms with van der Waals surface area (Å²) < 4.78 is 120. The van der Waals surface area contributed by atoms with Crippen LogP contribution >= 0.6 is 0 Å². The van der Waals surface area contributed by atoms with Crippen molar-refractivity contribution in [1.82, 2.24) is 9.78 Å². The number of hydrogen-bond acceptors (Lipinski definition) is 3. The van der Waals surface area contributed by atoms with Gasteiger partial charge in [0.05, 0.1) is 11.3 Å². The molecule has 0 fully saturated rings. The molecule has 0 spiro atoms. The zero-order valence-electron chi connectivity index (χ0n) is 15.3. The second-order valence-corrected chi connectivity index (χ2v) is 6.07. The summed E-state index contributed by atoms with van der Waals surface area (Å²) in [5, 5.41) is 6.06. The number of hydrogen-bond donors (Lipinski definition) is 2. The number of rotatable bonds is 4. The first-order valence-electron chi connectivity index (χ1n) is 7.95. The zero-order chi connectivity index (χ0) is 23.9. The Hall–Kier alpha value is -3.26. The Bertz CT molecular complexity index is 1030. The number of anilines is 2. The SMILES string of the molecule is CC(=O)Nc1cccc(C(=O)Nc2c(C(F)(F)F)c(C(F)(F)C(F)(F)F)nn2C)c1F. The highest BCUT2D eigenvalue weighted by molar-refractivity contribution is 6.05. The highest BCUT2D eigenvalue weighted by atomic mass is 19.4. The summed E-state index contributed by atoms with van der Waals surface area (Å²) in [6.45, 7) is 1.000. The fraction of sp³-hybridized carbons (Fsp3) is 0.312. The Morgan fingerprint density at radius 3 is 2.06 bits per heavy atom. The van der Waals surface area contributed by atoms with Crippen molar-refractivity contribution in [2.45, 2.75) is 25.2 Å². The Morgan fingerprint density at radius 2 is 1.58 bits per heavy atom. The first kappa shape index (κ1) is 24.0. The van der Waals surface area contributed by atoms with E-state index < -0.39 is 64.2 Å². The average Bonchev–Trinajstić information content (AvgIpc) is 2.92. The van der Waals surface area contributed by atoms with Crippen molar-refractivity contribution in [3.8, 4) is 0 Å². The fourth-order valence-corrected chi connectivity index (χ4v) is 2.46. The molecule has 0 aliphatic heterocycles. The molecule has 0 unspecified atom stereocenters. The van der Waals surface area contributed by atoms with Crippen molar-refractivity contribution in [2.24, 2.45) is 7.05 Å². The molecular weight excluding hydrogens is 451 g/mol. The Kier molecular flexibility index (Phi) is 6.02. The lowest BCUT2D eigenvalue weighted by molar-refractivity contribution is -0.292. The Balaban J connectivity index is 2.59. The normalized spacial score (nSPS) is 12.6. The molecule has 31 heavy (non-hydrogen) atoms. The lowest BCUT2D eigenvalue weighted by Gasteiger charge is -2.19. The number of carbonyl (C=O) groups is 2. The molecule has 0 aliphatic rings. The second-order valence-electron chi connectivity index (χ2n) is 6.07. The van der Waals surface area contributed by atoms with Crippen LogP contribution in [0.5, 0.6) is 0 Å². The molecule has 2 rings (SSSR count). The highest BCUT2D eigenvalue weighted by Gasteiger charge is 2.64. The largest absolute Gasteiger partial charge is 0.459 e. The zero-order valence-corrected chi connectivity index (χ0v) is 15.3. The van der Waals surface area contributed by atoms with Crippen LogP contribution in [0.25, 0.3) is 0 Å². The monoisotopic (exact) mass is 462 g/mol. The van der Waals surface area contributed by atoms with Crippen molar-refractivity contribution in [1.29, 1.82) is 0 Å². The van der Waals surface area contributed by atoms with E-state index in [-0.39, 0.29) is 4.68 Å². The molecule has 1 heterocycles. The minimum atomic E-state index is -6.42. The maximum Gasteiger partial charge on any atom is 0.459 e. The molecule has 1 aromatic carbocycles. The van der Waals surface area contributed by atoms with E-state index >= 15 is 0 Å². The van der Waals surface area contributed by atoms with Gasteiger partial charge in [-0.15, -0.1) is 0 Å². The van der Waals surface area contributed by atoms with E-state index in [4.69, 9.17) is 0 Å². The lowest BCUT2D eigenvalue weighted by atomic mass is 10.1. The molecule has 170 valence electrons. The maximum absolute atomic E-state index is 14.4. The van der Waals surface area contributed by atoms with E-state index in [1.165, 1.54) is 5.32 Å². The molecule has 6 nitrogen and oxygen atoms in total. The van der Waals surface area contributed by atoms with E-state index in [9.17, 15) is 49.1 Å². The molecule has 0 aliphatic carbocycles. The van der Waals surface area contributed by atoms with E-state index in [0.717, 1.165) is 25.1 Å². The third kappa shape index (κ3) is 4.59. The summed E-state index contributed by atoms with van der Waals surface area (Å²) >= 11 is 0. The molecule has 2 N–H and O–H groups in total. The van der Waals surface area contributed by atoms with Crippen LogP contribution in [-0.4, -0.2) is 27.8 Å². The first-order chi connectivity index (χ1) is 14.0.